The molecule has 0 aromatic heterocycles. The molecule has 3 fully saturated rings. The fourth-order valence-corrected chi connectivity index (χ4v) is 7.52. The Morgan fingerprint density at radius 3 is 2.48 bits per heavy atom. The number of rotatable bonds is 6. The highest BCUT2D eigenvalue weighted by Crippen LogP contribution is 2.62. The number of benzene rings is 3. The summed E-state index contributed by atoms with van der Waals surface area (Å²) < 4.78 is 15.9. The van der Waals surface area contributed by atoms with Crippen molar-refractivity contribution in [2.75, 3.05) is 23.3 Å². The van der Waals surface area contributed by atoms with Crippen molar-refractivity contribution in [3.63, 3.8) is 0 Å². The molecule has 8 nitrogen and oxygen atoms in total. The second-order valence-corrected chi connectivity index (χ2v) is 12.2. The smallest absolute Gasteiger partial charge is 0.377 e. The fraction of sp³-hybridized carbons (Fsp3) is 0.290. The molecule has 1 saturated carbocycles. The predicted octanol–water partition coefficient (Wildman–Crippen LogP) is 5.09. The second-order valence-electron chi connectivity index (χ2n) is 11.3. The van der Waals surface area contributed by atoms with Crippen LogP contribution in [0, 0.1) is 17.7 Å². The van der Waals surface area contributed by atoms with Gasteiger partial charge in [0.2, 0.25) is 11.8 Å². The van der Waals surface area contributed by atoms with Crippen molar-refractivity contribution in [2.45, 2.75) is 30.3 Å². The Morgan fingerprint density at radius 2 is 1.79 bits per heavy atom. The molecular weight excluding hydrogens is 584 g/mol. The number of nitrogens with one attached hydrogen (secondary N) is 1. The van der Waals surface area contributed by atoms with Gasteiger partial charge < -0.3 is 15.3 Å². The van der Waals surface area contributed by atoms with E-state index in [9.17, 15) is 19.2 Å². The summed E-state index contributed by atoms with van der Waals surface area (Å²) in [7, 11) is 0. The van der Waals surface area contributed by atoms with E-state index in [1.165, 1.54) is 30.3 Å². The number of carbonyl (C=O) groups is 4. The number of hydrogen-bond acceptors (Lipinski definition) is 5. The summed E-state index contributed by atoms with van der Waals surface area (Å²) in [6.07, 6.45) is 1.98. The zero-order valence-corrected chi connectivity index (χ0v) is 23.5. The third-order valence-electron chi connectivity index (χ3n) is 9.09. The molecule has 3 aliphatic heterocycles. The first-order valence-corrected chi connectivity index (χ1v) is 14.4. The van der Waals surface area contributed by atoms with Crippen LogP contribution in [0.25, 0.3) is 0 Å². The molecule has 3 aromatic carbocycles. The van der Waals surface area contributed by atoms with Crippen LogP contribution >= 0.6 is 23.2 Å². The van der Waals surface area contributed by atoms with Crippen LogP contribution in [0.5, 0.6) is 0 Å². The third kappa shape index (κ3) is 3.83. The maximum Gasteiger partial charge on any atom is 0.377 e. The molecule has 4 atom stereocenters. The molecule has 7 rings (SSSR count). The van der Waals surface area contributed by atoms with Gasteiger partial charge in [0.1, 0.15) is 11.4 Å². The quantitative estimate of drug-likeness (QED) is 0.299. The van der Waals surface area contributed by atoms with Crippen molar-refractivity contribution in [3.05, 3.63) is 93.2 Å². The molecule has 11 heteroatoms. The molecule has 3 heterocycles. The van der Waals surface area contributed by atoms with Gasteiger partial charge in [-0.2, -0.15) is 0 Å². The lowest BCUT2D eigenvalue weighted by Crippen LogP contribution is -2.54. The molecule has 2 amide bonds. The first-order chi connectivity index (χ1) is 20.1. The average molecular weight is 608 g/mol. The van der Waals surface area contributed by atoms with E-state index in [1.807, 2.05) is 0 Å². The number of nitrogens with zero attached hydrogens (tertiary/aromatic N) is 2. The number of carbonyl (C=O) groups excluding carboxylic acids is 3. The Bertz CT molecular complexity index is 1690. The number of ketones is 1. The molecule has 4 aliphatic rings. The van der Waals surface area contributed by atoms with Crippen LogP contribution in [-0.4, -0.2) is 52.7 Å². The number of anilines is 2. The minimum atomic E-state index is -1.57. The summed E-state index contributed by atoms with van der Waals surface area (Å²) >= 11 is 12.6. The lowest BCUT2D eigenvalue weighted by Gasteiger charge is -2.41. The number of Topliss-reactive ketones (excluding diaryl/α,β-unsaturated/α-hetero) is 1. The van der Waals surface area contributed by atoms with Crippen molar-refractivity contribution >= 4 is 58.1 Å². The number of carboxylic acid groups (broad SMARTS) is 1. The highest BCUT2D eigenvalue weighted by atomic mass is 35.5. The molecule has 3 aromatic rings. The van der Waals surface area contributed by atoms with E-state index in [0.717, 1.165) is 12.8 Å². The number of carboxylic acids is 1. The number of hydrogen-bond donors (Lipinski definition) is 2. The Kier molecular flexibility index (Phi) is 6.20. The standard InChI is InChI=1S/C31H24Cl2FN3O5/c32-17-8-11-20-22(12-17)35-30(42)31(20)25(19-2-1-3-21(33)26(19)34)24-23(37(31)13-15-4-5-15)14-36(28(24)39)18-9-6-16(7-10-18)27(38)29(40)41/h1-3,6-12,15,23-25H,4-5,13-14H2,(H,35,42)(H,40,41)/t23-,24+,25-,31+/m0/s1. The minimum absolute atomic E-state index is 0.0100. The lowest BCUT2D eigenvalue weighted by atomic mass is 9.71. The zero-order valence-electron chi connectivity index (χ0n) is 22.0. The van der Waals surface area contributed by atoms with Crippen molar-refractivity contribution in [1.82, 2.24) is 4.90 Å². The van der Waals surface area contributed by atoms with Gasteiger partial charge in [-0.25, -0.2) is 9.18 Å². The number of likely N-dealkylation sites (tertiary alicyclic amines) is 1. The summed E-state index contributed by atoms with van der Waals surface area (Å²) in [6, 6.07) is 15.2. The van der Waals surface area contributed by atoms with Gasteiger partial charge in [0, 0.05) is 52.6 Å². The van der Waals surface area contributed by atoms with Gasteiger partial charge in [-0.1, -0.05) is 41.4 Å². The molecule has 214 valence electrons. The first kappa shape index (κ1) is 27.1. The van der Waals surface area contributed by atoms with Gasteiger partial charge in [0.15, 0.2) is 0 Å². The fourth-order valence-electron chi connectivity index (χ4n) is 7.16. The molecule has 1 aliphatic carbocycles. The van der Waals surface area contributed by atoms with Crippen LogP contribution in [0.3, 0.4) is 0 Å². The molecule has 1 spiro atoms. The normalized spacial score (nSPS) is 26.5. The summed E-state index contributed by atoms with van der Waals surface area (Å²) in [5, 5.41) is 12.4. The van der Waals surface area contributed by atoms with Gasteiger partial charge in [0.05, 0.1) is 10.9 Å². The van der Waals surface area contributed by atoms with E-state index >= 15 is 4.39 Å². The van der Waals surface area contributed by atoms with Crippen LogP contribution in [0.2, 0.25) is 10.0 Å². The summed E-state index contributed by atoms with van der Waals surface area (Å²) in [4.78, 5) is 55.4. The van der Waals surface area contributed by atoms with Gasteiger partial charge in [-0.05, 0) is 66.8 Å². The predicted molar refractivity (Wildman–Crippen MR) is 153 cm³/mol. The van der Waals surface area contributed by atoms with Crippen LogP contribution in [0.15, 0.2) is 60.7 Å². The maximum absolute atomic E-state index is 15.9. The highest BCUT2D eigenvalue weighted by Gasteiger charge is 2.71. The van der Waals surface area contributed by atoms with Gasteiger partial charge >= 0.3 is 5.97 Å². The summed E-state index contributed by atoms with van der Waals surface area (Å²) in [5.41, 5.74) is 0.458. The van der Waals surface area contributed by atoms with Gasteiger partial charge in [-0.15, -0.1) is 0 Å². The Hall–Kier alpha value is -3.79. The van der Waals surface area contributed by atoms with Crippen LogP contribution < -0.4 is 10.2 Å². The largest absolute Gasteiger partial charge is 0.475 e. The Balaban J connectivity index is 1.39. The van der Waals surface area contributed by atoms with E-state index in [1.54, 1.807) is 35.2 Å². The van der Waals surface area contributed by atoms with E-state index in [-0.39, 0.29) is 34.5 Å². The molecule has 2 N–H and O–H groups in total. The van der Waals surface area contributed by atoms with E-state index in [4.69, 9.17) is 28.3 Å². The molecule has 0 radical (unpaired) electrons. The highest BCUT2D eigenvalue weighted by molar-refractivity contribution is 6.39. The first-order valence-electron chi connectivity index (χ1n) is 13.6. The van der Waals surface area contributed by atoms with Crippen LogP contribution in [0.1, 0.15) is 40.2 Å². The van der Waals surface area contributed by atoms with Crippen LogP contribution in [-0.2, 0) is 19.9 Å². The molecule has 2 saturated heterocycles. The summed E-state index contributed by atoms with van der Waals surface area (Å²) in [6.45, 7) is 0.765. The van der Waals surface area contributed by atoms with Gasteiger partial charge in [0.25, 0.3) is 5.78 Å². The average Bonchev–Trinajstić information content (AvgIpc) is 3.59. The van der Waals surface area contributed by atoms with E-state index in [0.29, 0.717) is 34.4 Å². The van der Waals surface area contributed by atoms with Crippen molar-refractivity contribution < 1.29 is 28.7 Å². The maximum atomic E-state index is 15.9. The topological polar surface area (TPSA) is 107 Å². The molecule has 0 bridgehead atoms. The van der Waals surface area contributed by atoms with Gasteiger partial charge in [-0.3, -0.25) is 19.3 Å². The minimum Gasteiger partial charge on any atom is -0.475 e. The van der Waals surface area contributed by atoms with E-state index < -0.39 is 41.0 Å². The van der Waals surface area contributed by atoms with E-state index in [2.05, 4.69) is 10.2 Å². The monoisotopic (exact) mass is 607 g/mol. The van der Waals surface area contributed by atoms with Crippen LogP contribution in [0.4, 0.5) is 15.8 Å². The lowest BCUT2D eigenvalue weighted by molar-refractivity contribution is -0.132. The van der Waals surface area contributed by atoms with Crippen molar-refractivity contribution in [2.24, 2.45) is 11.8 Å². The number of aliphatic carboxylic acids is 1. The number of fused-ring (bicyclic) bond motifs is 3. The number of amides is 2. The summed E-state index contributed by atoms with van der Waals surface area (Å²) in [5.74, 6) is -5.31. The molecular formula is C31H24Cl2FN3O5. The number of halogens is 3. The third-order valence-corrected chi connectivity index (χ3v) is 9.62. The SMILES string of the molecule is O=C(O)C(=O)c1ccc(N2C[C@H]3[C@@H](C2=O)[C@H](c2cccc(Cl)c2F)[C@]2(C(=O)Nc4cc(Cl)ccc42)N3CC2CC2)cc1. The zero-order chi connectivity index (χ0) is 29.5. The van der Waals surface area contributed by atoms with Crippen molar-refractivity contribution in [1.29, 1.82) is 0 Å². The second kappa shape index (κ2) is 9.62. The van der Waals surface area contributed by atoms with Crippen molar-refractivity contribution in [3.8, 4) is 0 Å². The molecule has 42 heavy (non-hydrogen) atoms. The Labute approximate surface area is 250 Å². The molecule has 0 unspecified atom stereocenters. The Morgan fingerprint density at radius 1 is 1.05 bits per heavy atom.